The van der Waals surface area contributed by atoms with E-state index in [9.17, 15) is 4.79 Å². The Kier molecular flexibility index (Phi) is 12.6. The minimum Gasteiger partial charge on any atom is -0.497 e. The van der Waals surface area contributed by atoms with Gasteiger partial charge in [-0.25, -0.2) is 24.5 Å². The van der Waals surface area contributed by atoms with E-state index in [1.165, 1.54) is 0 Å². The highest BCUT2D eigenvalue weighted by atomic mass is 17.2. The van der Waals surface area contributed by atoms with Gasteiger partial charge < -0.3 is 14.2 Å². The van der Waals surface area contributed by atoms with Gasteiger partial charge >= 0.3 is 5.97 Å². The lowest BCUT2D eigenvalue weighted by atomic mass is 10.0. The van der Waals surface area contributed by atoms with Gasteiger partial charge in [0.15, 0.2) is 0 Å². The first-order valence-corrected chi connectivity index (χ1v) is 17.5. The van der Waals surface area contributed by atoms with E-state index in [0.717, 1.165) is 39.3 Å². The molecule has 2 aromatic carbocycles. The Morgan fingerprint density at radius 3 is 1.52 bits per heavy atom. The summed E-state index contributed by atoms with van der Waals surface area (Å²) >= 11 is 0. The van der Waals surface area contributed by atoms with Crippen LogP contribution in [0.25, 0.3) is 58.5 Å². The average Bonchev–Trinajstić information content (AvgIpc) is 3.22. The fourth-order valence-electron chi connectivity index (χ4n) is 5.44. The van der Waals surface area contributed by atoms with E-state index in [1.54, 1.807) is 45.7 Å². The summed E-state index contributed by atoms with van der Waals surface area (Å²) in [6, 6.07) is 30.6. The summed E-state index contributed by atoms with van der Waals surface area (Å²) in [4.78, 5) is 42.5. The smallest absolute Gasteiger partial charge is 0.338 e. The number of rotatable bonds is 15. The number of ether oxygens (including phenoxy) is 3. The molecule has 0 atom stereocenters. The Balaban J connectivity index is 1.47. The van der Waals surface area contributed by atoms with Crippen LogP contribution in [-0.2, 0) is 21.1 Å². The van der Waals surface area contributed by atoms with Crippen molar-refractivity contribution in [2.24, 2.45) is 0 Å². The quantitative estimate of drug-likeness (QED) is 0.0440. The summed E-state index contributed by atoms with van der Waals surface area (Å²) in [6.45, 7) is 4.61. The number of benzene rings is 2. The summed E-state index contributed by atoms with van der Waals surface area (Å²) in [5, 5.41) is 0. The van der Waals surface area contributed by atoms with Gasteiger partial charge in [0, 0.05) is 12.4 Å². The minimum atomic E-state index is -0.430. The molecule has 0 fully saturated rings. The molecule has 0 aliphatic rings. The largest absolute Gasteiger partial charge is 0.497 e. The van der Waals surface area contributed by atoms with Gasteiger partial charge in [-0.1, -0.05) is 48.6 Å². The predicted octanol–water partition coefficient (Wildman–Crippen LogP) is 9.27. The molecule has 0 amide bonds. The molecule has 0 spiro atoms. The lowest BCUT2D eigenvalue weighted by molar-refractivity contribution is -0.300. The van der Waals surface area contributed by atoms with E-state index in [1.807, 2.05) is 116 Å². The SMILES string of the molecule is CCOOCc1ccnc(-c2cc(/C=C/c3ccc(OC)cc3)cc(-c3cc(/C=C/c4ccc(OC)cc4)cc(-c4cc(C(=O)OCC)ccn4)n3)n2)c1. The second kappa shape index (κ2) is 18.3. The van der Waals surface area contributed by atoms with Gasteiger partial charge in [0.1, 0.15) is 18.1 Å². The van der Waals surface area contributed by atoms with E-state index in [2.05, 4.69) is 9.97 Å². The third kappa shape index (κ3) is 9.88. The number of carbonyl (C=O) groups is 1. The molecular formula is C44H40N4O6. The van der Waals surface area contributed by atoms with Crippen LogP contribution in [0.15, 0.2) is 109 Å². The number of aromatic nitrogens is 4. The maximum absolute atomic E-state index is 12.7. The molecule has 0 saturated carbocycles. The average molecular weight is 721 g/mol. The predicted molar refractivity (Wildman–Crippen MR) is 210 cm³/mol. The summed E-state index contributed by atoms with van der Waals surface area (Å²) in [7, 11) is 3.29. The molecule has 272 valence electrons. The molecule has 10 nitrogen and oxygen atoms in total. The van der Waals surface area contributed by atoms with Crippen molar-refractivity contribution in [1.29, 1.82) is 0 Å². The van der Waals surface area contributed by atoms with Crippen molar-refractivity contribution in [3.8, 4) is 45.7 Å². The first kappa shape index (κ1) is 37.3. The van der Waals surface area contributed by atoms with Crippen LogP contribution in [0, 0.1) is 0 Å². The molecule has 0 unspecified atom stereocenters. The van der Waals surface area contributed by atoms with Crippen LogP contribution in [0.1, 0.15) is 52.0 Å². The van der Waals surface area contributed by atoms with Crippen LogP contribution in [0.2, 0.25) is 0 Å². The highest BCUT2D eigenvalue weighted by Gasteiger charge is 2.15. The van der Waals surface area contributed by atoms with Gasteiger partial charge in [-0.05, 0) is 114 Å². The molecule has 0 N–H and O–H groups in total. The molecule has 0 aliphatic carbocycles. The Hall–Kier alpha value is -6.49. The molecule has 6 aromatic rings. The fourth-order valence-corrected chi connectivity index (χ4v) is 5.44. The summed E-state index contributed by atoms with van der Waals surface area (Å²) < 4.78 is 15.9. The lowest BCUT2D eigenvalue weighted by Gasteiger charge is -2.11. The number of methoxy groups -OCH3 is 2. The Morgan fingerprint density at radius 1 is 0.537 bits per heavy atom. The Labute approximate surface area is 314 Å². The molecule has 54 heavy (non-hydrogen) atoms. The number of nitrogens with zero attached hydrogens (tertiary/aromatic N) is 4. The van der Waals surface area contributed by atoms with Crippen LogP contribution in [-0.4, -0.2) is 53.3 Å². The third-order valence-corrected chi connectivity index (χ3v) is 8.17. The second-order valence-corrected chi connectivity index (χ2v) is 11.9. The van der Waals surface area contributed by atoms with E-state index in [-0.39, 0.29) is 13.2 Å². The molecule has 0 bridgehead atoms. The molecule has 0 aliphatic heterocycles. The standard InChI is InChI=1S/C44H40N4O6/c1-5-52-44(49)35-20-22-46-39(28-35)41-24-33(10-8-31-13-17-37(51-4)18-14-31)26-43(48-41)42-25-32(9-7-30-11-15-36(50-3)16-12-30)23-40(47-42)38-27-34(19-21-45-38)29-54-53-6-2/h7-28H,5-6,29H2,1-4H3/b9-7+,10-8+. The zero-order valence-electron chi connectivity index (χ0n) is 30.6. The van der Waals surface area contributed by atoms with Crippen LogP contribution >= 0.6 is 0 Å². The molecule has 4 aromatic heterocycles. The summed E-state index contributed by atoms with van der Waals surface area (Å²) in [5.74, 6) is 1.13. The molecule has 0 saturated heterocycles. The first-order chi connectivity index (χ1) is 26.4. The number of esters is 1. The van der Waals surface area contributed by atoms with Gasteiger partial charge in [-0.15, -0.1) is 0 Å². The second-order valence-electron chi connectivity index (χ2n) is 11.9. The summed E-state index contributed by atoms with van der Waals surface area (Å²) in [6.07, 6.45) is 11.4. The highest BCUT2D eigenvalue weighted by molar-refractivity contribution is 5.90. The monoisotopic (exact) mass is 720 g/mol. The number of pyridine rings is 4. The number of hydrogen-bond donors (Lipinski definition) is 0. The maximum Gasteiger partial charge on any atom is 0.338 e. The van der Waals surface area contributed by atoms with Crippen molar-refractivity contribution < 1.29 is 28.8 Å². The third-order valence-electron chi connectivity index (χ3n) is 8.17. The topological polar surface area (TPSA) is 115 Å². The lowest BCUT2D eigenvalue weighted by Crippen LogP contribution is -2.05. The first-order valence-electron chi connectivity index (χ1n) is 17.5. The van der Waals surface area contributed by atoms with Gasteiger partial charge in [-0.3, -0.25) is 9.97 Å². The van der Waals surface area contributed by atoms with Gasteiger partial charge in [0.05, 0.1) is 67.2 Å². The van der Waals surface area contributed by atoms with Gasteiger partial charge in [0.2, 0.25) is 0 Å². The molecular weight excluding hydrogens is 681 g/mol. The number of hydrogen-bond acceptors (Lipinski definition) is 10. The van der Waals surface area contributed by atoms with E-state index in [4.69, 9.17) is 34.0 Å². The van der Waals surface area contributed by atoms with Crippen molar-refractivity contribution in [2.75, 3.05) is 27.4 Å². The van der Waals surface area contributed by atoms with Crippen LogP contribution in [0.5, 0.6) is 11.5 Å². The van der Waals surface area contributed by atoms with Gasteiger partial charge in [0.25, 0.3) is 0 Å². The van der Waals surface area contributed by atoms with Crippen LogP contribution in [0.3, 0.4) is 0 Å². The molecule has 10 heteroatoms. The Bertz CT molecular complexity index is 2250. The zero-order valence-corrected chi connectivity index (χ0v) is 30.6. The normalized spacial score (nSPS) is 11.3. The van der Waals surface area contributed by atoms with Crippen molar-refractivity contribution in [1.82, 2.24) is 19.9 Å². The number of carbonyl (C=O) groups excluding carboxylic acids is 1. The van der Waals surface area contributed by atoms with Gasteiger partial charge in [-0.2, -0.15) is 0 Å². The van der Waals surface area contributed by atoms with Crippen LogP contribution < -0.4 is 9.47 Å². The fraction of sp³-hybridized carbons (Fsp3) is 0.159. The van der Waals surface area contributed by atoms with E-state index >= 15 is 0 Å². The van der Waals surface area contributed by atoms with Crippen molar-refractivity contribution >= 4 is 30.3 Å². The zero-order chi connectivity index (χ0) is 37.7. The van der Waals surface area contributed by atoms with Crippen molar-refractivity contribution in [3.05, 3.63) is 143 Å². The minimum absolute atomic E-state index is 0.263. The molecule has 6 rings (SSSR count). The Morgan fingerprint density at radius 2 is 1.02 bits per heavy atom. The summed E-state index contributed by atoms with van der Waals surface area (Å²) in [5.41, 5.74) is 8.58. The van der Waals surface area contributed by atoms with E-state index < -0.39 is 5.97 Å². The van der Waals surface area contributed by atoms with E-state index in [0.29, 0.717) is 46.3 Å². The molecule has 0 radical (unpaired) electrons. The van der Waals surface area contributed by atoms with Crippen molar-refractivity contribution in [3.63, 3.8) is 0 Å². The maximum atomic E-state index is 12.7. The molecule has 4 heterocycles. The van der Waals surface area contributed by atoms with Crippen LogP contribution in [0.4, 0.5) is 0 Å². The van der Waals surface area contributed by atoms with Crippen molar-refractivity contribution in [2.45, 2.75) is 20.5 Å². The highest BCUT2D eigenvalue weighted by Crippen LogP contribution is 2.29.